The van der Waals surface area contributed by atoms with Crippen molar-refractivity contribution in [2.24, 2.45) is 0 Å². The van der Waals surface area contributed by atoms with E-state index >= 15 is 0 Å². The second kappa shape index (κ2) is 8.10. The molecule has 1 aromatic carbocycles. The summed E-state index contributed by atoms with van der Waals surface area (Å²) in [6.45, 7) is 4.45. The maximum Gasteiger partial charge on any atom is 0.344 e. The third-order valence-corrected chi connectivity index (χ3v) is 5.36. The number of aromatic nitrogens is 2. The summed E-state index contributed by atoms with van der Waals surface area (Å²) in [7, 11) is 0. The Labute approximate surface area is 173 Å². The van der Waals surface area contributed by atoms with Crippen molar-refractivity contribution < 1.29 is 14.3 Å². The van der Waals surface area contributed by atoms with Crippen LogP contribution in [0.25, 0.3) is 11.0 Å². The van der Waals surface area contributed by atoms with Gasteiger partial charge in [-0.2, -0.15) is 0 Å². The zero-order chi connectivity index (χ0) is 21.3. The Morgan fingerprint density at radius 3 is 2.77 bits per heavy atom. The maximum absolute atomic E-state index is 12.8. The second-order valence-electron chi connectivity index (χ2n) is 7.34. The molecule has 4 rings (SSSR count). The molecule has 7 heteroatoms. The lowest BCUT2D eigenvalue weighted by Crippen LogP contribution is -2.38. The Morgan fingerprint density at radius 1 is 1.17 bits per heavy atom. The van der Waals surface area contributed by atoms with Crippen LogP contribution in [0.15, 0.2) is 47.4 Å². The largest absolute Gasteiger partial charge is 0.452 e. The van der Waals surface area contributed by atoms with Crippen molar-refractivity contribution in [2.75, 3.05) is 18.1 Å². The van der Waals surface area contributed by atoms with Gasteiger partial charge in [0.2, 0.25) is 5.43 Å². The molecule has 0 aliphatic carbocycles. The maximum atomic E-state index is 12.8. The van der Waals surface area contributed by atoms with Crippen LogP contribution < -0.4 is 10.3 Å². The molecule has 0 saturated carbocycles. The summed E-state index contributed by atoms with van der Waals surface area (Å²) in [5, 5.41) is 0.355. The van der Waals surface area contributed by atoms with Gasteiger partial charge in [-0.1, -0.05) is 18.2 Å². The molecule has 2 aromatic heterocycles. The monoisotopic (exact) mass is 405 g/mol. The van der Waals surface area contributed by atoms with Crippen molar-refractivity contribution in [3.05, 3.63) is 69.6 Å². The summed E-state index contributed by atoms with van der Waals surface area (Å²) in [6.07, 6.45) is 3.23. The zero-order valence-electron chi connectivity index (χ0n) is 17.1. The fraction of sp³-hybridized carbons (Fsp3) is 0.304. The number of nitrogens with zero attached hydrogens (tertiary/aromatic N) is 3. The highest BCUT2D eigenvalue weighted by molar-refractivity contribution is 5.98. The molecule has 3 heterocycles. The van der Waals surface area contributed by atoms with E-state index in [-0.39, 0.29) is 11.5 Å². The number of hydrogen-bond acceptors (Lipinski definition) is 5. The lowest BCUT2D eigenvalue weighted by molar-refractivity contribution is -0.121. The van der Waals surface area contributed by atoms with Crippen LogP contribution in [0.2, 0.25) is 0 Å². The molecule has 0 bridgehead atoms. The number of esters is 1. The van der Waals surface area contributed by atoms with E-state index < -0.39 is 18.0 Å². The fourth-order valence-corrected chi connectivity index (χ4v) is 3.82. The first-order valence-electron chi connectivity index (χ1n) is 10.1. The van der Waals surface area contributed by atoms with Crippen LogP contribution in [0, 0.1) is 6.92 Å². The van der Waals surface area contributed by atoms with Gasteiger partial charge in [-0.3, -0.25) is 9.59 Å². The number of anilines is 1. The minimum atomic E-state index is -0.802. The van der Waals surface area contributed by atoms with Crippen molar-refractivity contribution in [2.45, 2.75) is 33.2 Å². The lowest BCUT2D eigenvalue weighted by Gasteiger charge is -2.29. The molecule has 0 spiro atoms. The number of carbonyl (C=O) groups excluding carboxylic acids is 2. The molecule has 0 atom stereocenters. The van der Waals surface area contributed by atoms with Crippen molar-refractivity contribution in [3.8, 4) is 0 Å². The summed E-state index contributed by atoms with van der Waals surface area (Å²) >= 11 is 0. The van der Waals surface area contributed by atoms with Crippen LogP contribution in [0.5, 0.6) is 0 Å². The van der Waals surface area contributed by atoms with Gasteiger partial charge in [0, 0.05) is 30.7 Å². The van der Waals surface area contributed by atoms with Gasteiger partial charge in [-0.05, 0) is 50.5 Å². The minimum absolute atomic E-state index is 0.0955. The van der Waals surface area contributed by atoms with Crippen LogP contribution >= 0.6 is 0 Å². The molecule has 1 aliphatic heterocycles. The van der Waals surface area contributed by atoms with Crippen LogP contribution in [0.1, 0.15) is 35.0 Å². The first-order valence-corrected chi connectivity index (χ1v) is 10.1. The standard InChI is InChI=1S/C23H23N3O4/c1-3-25-13-18(21(28)17-11-10-15(2)24-22(17)25)23(29)30-14-20(27)26-12-6-8-16-7-4-5-9-19(16)26/h4-5,7,9-11,13H,3,6,8,12,14H2,1-2H3. The predicted molar refractivity (Wildman–Crippen MR) is 114 cm³/mol. The van der Waals surface area contributed by atoms with E-state index in [1.807, 2.05) is 38.1 Å². The molecule has 0 saturated heterocycles. The number of rotatable bonds is 4. The Balaban J connectivity index is 1.56. The topological polar surface area (TPSA) is 81.5 Å². The molecule has 154 valence electrons. The number of aryl methyl sites for hydroxylation is 3. The van der Waals surface area contributed by atoms with Crippen molar-refractivity contribution in [1.29, 1.82) is 0 Å². The number of hydrogen-bond donors (Lipinski definition) is 0. The molecule has 0 radical (unpaired) electrons. The highest BCUT2D eigenvalue weighted by atomic mass is 16.5. The van der Waals surface area contributed by atoms with Gasteiger partial charge in [-0.25, -0.2) is 9.78 Å². The second-order valence-corrected chi connectivity index (χ2v) is 7.34. The summed E-state index contributed by atoms with van der Waals surface area (Å²) in [5.74, 6) is -1.10. The van der Waals surface area contributed by atoms with Gasteiger partial charge in [0.15, 0.2) is 6.61 Å². The number of fused-ring (bicyclic) bond motifs is 2. The lowest BCUT2D eigenvalue weighted by atomic mass is 10.0. The normalized spacial score (nSPS) is 13.2. The Morgan fingerprint density at radius 2 is 1.97 bits per heavy atom. The Kier molecular flexibility index (Phi) is 5.35. The molecule has 0 unspecified atom stereocenters. The highest BCUT2D eigenvalue weighted by Crippen LogP contribution is 2.26. The Bertz CT molecular complexity index is 1200. The number of para-hydroxylation sites is 1. The molecule has 1 aliphatic rings. The van der Waals surface area contributed by atoms with E-state index in [2.05, 4.69) is 4.98 Å². The van der Waals surface area contributed by atoms with Crippen molar-refractivity contribution in [3.63, 3.8) is 0 Å². The van der Waals surface area contributed by atoms with Crippen LogP contribution in [-0.4, -0.2) is 34.6 Å². The average Bonchev–Trinajstić information content (AvgIpc) is 2.77. The summed E-state index contributed by atoms with van der Waals surface area (Å²) in [4.78, 5) is 44.2. The van der Waals surface area contributed by atoms with E-state index in [0.29, 0.717) is 24.1 Å². The molecule has 30 heavy (non-hydrogen) atoms. The smallest absolute Gasteiger partial charge is 0.344 e. The summed E-state index contributed by atoms with van der Waals surface area (Å²) in [6, 6.07) is 11.1. The first kappa shape index (κ1) is 19.8. The molecule has 0 fully saturated rings. The predicted octanol–water partition coefficient (Wildman–Crippen LogP) is 2.86. The van der Waals surface area contributed by atoms with E-state index in [1.54, 1.807) is 21.6 Å². The van der Waals surface area contributed by atoms with Gasteiger partial charge < -0.3 is 14.2 Å². The van der Waals surface area contributed by atoms with Gasteiger partial charge in [0.25, 0.3) is 5.91 Å². The Hall–Kier alpha value is -3.48. The number of pyridine rings is 2. The number of amides is 1. The van der Waals surface area contributed by atoms with Gasteiger partial charge in [-0.15, -0.1) is 0 Å². The molecule has 3 aromatic rings. The summed E-state index contributed by atoms with van der Waals surface area (Å²) < 4.78 is 6.99. The van der Waals surface area contributed by atoms with Gasteiger partial charge in [0.1, 0.15) is 11.2 Å². The molecule has 1 amide bonds. The fourth-order valence-electron chi connectivity index (χ4n) is 3.82. The molecular weight excluding hydrogens is 382 g/mol. The molecule has 7 nitrogen and oxygen atoms in total. The van der Waals surface area contributed by atoms with Crippen LogP contribution in [-0.2, 0) is 22.5 Å². The van der Waals surface area contributed by atoms with Crippen molar-refractivity contribution in [1.82, 2.24) is 9.55 Å². The third-order valence-electron chi connectivity index (χ3n) is 5.36. The number of benzene rings is 1. The van der Waals surface area contributed by atoms with Crippen LogP contribution in [0.3, 0.4) is 0 Å². The van der Waals surface area contributed by atoms with Gasteiger partial charge in [0.05, 0.1) is 5.39 Å². The quantitative estimate of drug-likeness (QED) is 0.624. The van der Waals surface area contributed by atoms with E-state index in [9.17, 15) is 14.4 Å². The van der Waals surface area contributed by atoms with Crippen molar-refractivity contribution >= 4 is 28.6 Å². The third kappa shape index (κ3) is 3.58. The number of carbonyl (C=O) groups is 2. The first-order chi connectivity index (χ1) is 14.5. The van der Waals surface area contributed by atoms with Crippen LogP contribution in [0.4, 0.5) is 5.69 Å². The minimum Gasteiger partial charge on any atom is -0.452 e. The van der Waals surface area contributed by atoms with E-state index in [0.717, 1.165) is 29.8 Å². The zero-order valence-corrected chi connectivity index (χ0v) is 17.1. The van der Waals surface area contributed by atoms with E-state index in [4.69, 9.17) is 4.74 Å². The number of ether oxygens (including phenoxy) is 1. The highest BCUT2D eigenvalue weighted by Gasteiger charge is 2.24. The van der Waals surface area contributed by atoms with E-state index in [1.165, 1.54) is 6.20 Å². The SMILES string of the molecule is CCn1cc(C(=O)OCC(=O)N2CCCc3ccccc32)c(=O)c2ccc(C)nc21. The average molecular weight is 405 g/mol. The molecular formula is C23H23N3O4. The molecule has 0 N–H and O–H groups in total. The van der Waals surface area contributed by atoms with Gasteiger partial charge >= 0.3 is 5.97 Å². The summed E-state index contributed by atoms with van der Waals surface area (Å²) in [5.41, 5.74) is 2.73.